The lowest BCUT2D eigenvalue weighted by molar-refractivity contribution is -0.141. The maximum atomic E-state index is 11.9. The van der Waals surface area contributed by atoms with Gasteiger partial charge in [-0.2, -0.15) is 0 Å². The fourth-order valence-corrected chi connectivity index (χ4v) is 7.02. The molecule has 0 spiro atoms. The first kappa shape index (κ1) is 34.1. The number of carbonyl (C=O) groups is 4. The molecule has 0 aliphatic heterocycles. The maximum absolute atomic E-state index is 11.9. The highest BCUT2D eigenvalue weighted by Crippen LogP contribution is 2.64. The number of aliphatic carboxylic acids is 2. The fraction of sp³-hybridized carbons (Fsp3) is 0.143. The molecule has 0 aliphatic rings. The van der Waals surface area contributed by atoms with Gasteiger partial charge in [0.15, 0.2) is 0 Å². The monoisotopic (exact) mass is 629 g/mol. The molecule has 0 saturated carbocycles. The summed E-state index contributed by atoms with van der Waals surface area (Å²) in [6, 6.07) is 34.0. The first-order valence-electron chi connectivity index (χ1n) is 13.8. The van der Waals surface area contributed by atoms with Gasteiger partial charge in [-0.25, -0.2) is 9.59 Å². The third-order valence-electron chi connectivity index (χ3n) is 6.95. The van der Waals surface area contributed by atoms with Crippen molar-refractivity contribution in [2.24, 2.45) is 5.92 Å². The van der Waals surface area contributed by atoms with Gasteiger partial charge in [0.05, 0.1) is 11.5 Å². The standard InChI is InChI=1S/C16H16O4S.C10H12O2.C9H7NO2/c1-21(16(19)20,13-10-6-3-7-11-13)14(15(17)18)12-8-4-2-5-9-12;1-8(10(11)12)7-9-5-3-2-4-6-9;11-9(12)7-5-8-3-1-2-4-10(8)6-7/h2-11,14H,1H3,(H,17,18)(H,19,20);2-6,8H,7H2,1H3,(H,11,12);1-6H,(H,11,12). The number of carboxylic acid groups (broad SMARTS) is 4. The van der Waals surface area contributed by atoms with E-state index < -0.39 is 38.5 Å². The Morgan fingerprint density at radius 1 is 0.711 bits per heavy atom. The molecule has 5 aromatic rings. The van der Waals surface area contributed by atoms with Gasteiger partial charge in [0, 0.05) is 22.8 Å². The summed E-state index contributed by atoms with van der Waals surface area (Å²) in [5, 5.41) is 34.5. The highest BCUT2D eigenvalue weighted by atomic mass is 32.3. The van der Waals surface area contributed by atoms with E-state index in [2.05, 4.69) is 0 Å². The van der Waals surface area contributed by atoms with Crippen molar-refractivity contribution in [1.29, 1.82) is 0 Å². The van der Waals surface area contributed by atoms with Gasteiger partial charge >= 0.3 is 23.2 Å². The van der Waals surface area contributed by atoms with Crippen molar-refractivity contribution in [2.45, 2.75) is 23.5 Å². The summed E-state index contributed by atoms with van der Waals surface area (Å²) in [6.07, 6.45) is 5.56. The summed E-state index contributed by atoms with van der Waals surface area (Å²) in [6.45, 7) is 1.72. The summed E-state index contributed by atoms with van der Waals surface area (Å²) in [5.74, 6) is -3.05. The van der Waals surface area contributed by atoms with Crippen LogP contribution in [0, 0.1) is 5.92 Å². The molecule has 0 amide bonds. The van der Waals surface area contributed by atoms with Crippen LogP contribution in [0.15, 0.2) is 133 Å². The molecule has 3 atom stereocenters. The zero-order valence-electron chi connectivity index (χ0n) is 24.8. The van der Waals surface area contributed by atoms with Crippen molar-refractivity contribution >= 4 is 38.8 Å². The highest BCUT2D eigenvalue weighted by Gasteiger charge is 2.43. The van der Waals surface area contributed by atoms with Crippen molar-refractivity contribution in [3.8, 4) is 0 Å². The third kappa shape index (κ3) is 9.07. The van der Waals surface area contributed by atoms with Gasteiger partial charge < -0.3 is 24.8 Å². The molecule has 3 aromatic carbocycles. The zero-order valence-corrected chi connectivity index (χ0v) is 25.6. The van der Waals surface area contributed by atoms with Crippen molar-refractivity contribution in [1.82, 2.24) is 4.40 Å². The van der Waals surface area contributed by atoms with Gasteiger partial charge in [0.25, 0.3) is 0 Å². The van der Waals surface area contributed by atoms with Crippen LogP contribution in [0.1, 0.15) is 33.7 Å². The van der Waals surface area contributed by atoms with Gasteiger partial charge in [0.2, 0.25) is 0 Å². The fourth-order valence-electron chi connectivity index (χ4n) is 4.51. The van der Waals surface area contributed by atoms with Crippen LogP contribution >= 0.6 is 10.0 Å². The lowest BCUT2D eigenvalue weighted by Gasteiger charge is -2.37. The Morgan fingerprint density at radius 3 is 1.73 bits per heavy atom. The molecule has 234 valence electrons. The van der Waals surface area contributed by atoms with E-state index in [4.69, 9.17) is 10.2 Å². The van der Waals surface area contributed by atoms with Crippen LogP contribution in [0.5, 0.6) is 0 Å². The highest BCUT2D eigenvalue weighted by molar-refractivity contribution is 8.45. The molecule has 0 saturated heterocycles. The molecular formula is C35H35NO8S. The second kappa shape index (κ2) is 15.9. The van der Waals surface area contributed by atoms with Crippen LogP contribution in [0.2, 0.25) is 0 Å². The molecule has 0 fully saturated rings. The van der Waals surface area contributed by atoms with Crippen LogP contribution in [0.25, 0.3) is 5.52 Å². The van der Waals surface area contributed by atoms with Crippen molar-refractivity contribution in [3.05, 3.63) is 144 Å². The van der Waals surface area contributed by atoms with Gasteiger partial charge in [-0.15, -0.1) is 10.0 Å². The molecule has 9 nitrogen and oxygen atoms in total. The van der Waals surface area contributed by atoms with Crippen LogP contribution in [0.3, 0.4) is 0 Å². The second-order valence-electron chi connectivity index (χ2n) is 10.2. The number of pyridine rings is 1. The quantitative estimate of drug-likeness (QED) is 0.137. The lowest BCUT2D eigenvalue weighted by atomic mass is 10.0. The van der Waals surface area contributed by atoms with E-state index in [0.717, 1.165) is 11.1 Å². The van der Waals surface area contributed by atoms with Gasteiger partial charge in [0.1, 0.15) is 5.25 Å². The number of benzene rings is 3. The van der Waals surface area contributed by atoms with E-state index in [1.165, 1.54) is 6.26 Å². The molecule has 4 N–H and O–H groups in total. The van der Waals surface area contributed by atoms with Crippen LogP contribution < -0.4 is 0 Å². The van der Waals surface area contributed by atoms with Crippen LogP contribution in [0.4, 0.5) is 4.79 Å². The Balaban J connectivity index is 0.000000197. The van der Waals surface area contributed by atoms with Crippen molar-refractivity contribution in [2.75, 3.05) is 6.26 Å². The molecule has 3 unspecified atom stereocenters. The smallest absolute Gasteiger partial charge is 0.352 e. The molecule has 10 heteroatoms. The second-order valence-corrected chi connectivity index (χ2v) is 13.4. The minimum Gasteiger partial charge on any atom is -0.481 e. The molecule has 2 aromatic heterocycles. The number of fused-ring (bicyclic) bond motifs is 1. The summed E-state index contributed by atoms with van der Waals surface area (Å²) < 4.78 is 1.78. The topological polar surface area (TPSA) is 154 Å². The number of aromatic nitrogens is 1. The molecule has 5 rings (SSSR count). The number of carboxylic acids is 3. The average Bonchev–Trinajstić information content (AvgIpc) is 3.48. The predicted octanol–water partition coefficient (Wildman–Crippen LogP) is 7.57. The number of aromatic carboxylic acids is 1. The first-order valence-corrected chi connectivity index (χ1v) is 15.9. The van der Waals surface area contributed by atoms with Gasteiger partial charge in [-0.3, -0.25) is 9.59 Å². The summed E-state index contributed by atoms with van der Waals surface area (Å²) in [7, 11) is -2.61. The number of hydrogen-bond donors (Lipinski definition) is 4. The average molecular weight is 630 g/mol. The Morgan fingerprint density at radius 2 is 1.24 bits per heavy atom. The van der Waals surface area contributed by atoms with Crippen LogP contribution in [-0.2, 0) is 16.0 Å². The molecule has 2 heterocycles. The Kier molecular flexibility index (Phi) is 12.1. The van der Waals surface area contributed by atoms with Crippen molar-refractivity contribution in [3.63, 3.8) is 0 Å². The van der Waals surface area contributed by atoms with Crippen LogP contribution in [-0.4, -0.2) is 54.3 Å². The normalized spacial score (nSPS) is 13.7. The third-order valence-corrected chi connectivity index (χ3v) is 10.3. The summed E-state index contributed by atoms with van der Waals surface area (Å²) >= 11 is 0. The Bertz CT molecular complexity index is 1690. The minimum atomic E-state index is -2.61. The largest absolute Gasteiger partial charge is 0.481 e. The molecular weight excluding hydrogens is 594 g/mol. The molecule has 45 heavy (non-hydrogen) atoms. The summed E-state index contributed by atoms with van der Waals surface area (Å²) in [5.41, 5.74) is 2.80. The zero-order chi connectivity index (χ0) is 33.0. The SMILES string of the molecule is CC(Cc1ccccc1)C(=O)O.CS(C(=O)O)(c1ccccc1)C(C(=O)O)c1ccccc1.O=C(O)c1cc2ccccn2c1. The minimum absolute atomic E-state index is 0.299. The Labute approximate surface area is 262 Å². The van der Waals surface area contributed by atoms with E-state index in [1.54, 1.807) is 84.3 Å². The molecule has 0 aliphatic carbocycles. The number of hydrogen-bond acceptors (Lipinski definition) is 4. The first-order chi connectivity index (χ1) is 21.4. The van der Waals surface area contributed by atoms with E-state index >= 15 is 0 Å². The molecule has 0 bridgehead atoms. The van der Waals surface area contributed by atoms with E-state index in [-0.39, 0.29) is 5.92 Å². The van der Waals surface area contributed by atoms with Gasteiger partial charge in [-0.1, -0.05) is 91.9 Å². The van der Waals surface area contributed by atoms with E-state index in [9.17, 15) is 29.4 Å². The molecule has 0 radical (unpaired) electrons. The number of nitrogens with zero attached hydrogens (tertiary/aromatic N) is 1. The van der Waals surface area contributed by atoms with E-state index in [1.807, 2.05) is 54.7 Å². The number of rotatable bonds is 8. The lowest BCUT2D eigenvalue weighted by Crippen LogP contribution is -2.24. The van der Waals surface area contributed by atoms with E-state index in [0.29, 0.717) is 22.4 Å². The van der Waals surface area contributed by atoms with Crippen molar-refractivity contribution < 1.29 is 39.6 Å². The summed E-state index contributed by atoms with van der Waals surface area (Å²) in [4.78, 5) is 45.3. The Hall–Kier alpha value is -5.35. The van der Waals surface area contributed by atoms with Gasteiger partial charge in [-0.05, 0) is 54.1 Å². The maximum Gasteiger partial charge on any atom is 0.352 e. The predicted molar refractivity (Wildman–Crippen MR) is 174 cm³/mol.